The van der Waals surface area contributed by atoms with E-state index in [0.29, 0.717) is 6.07 Å². The second-order valence-electron chi connectivity index (χ2n) is 2.13. The van der Waals surface area contributed by atoms with E-state index >= 15 is 0 Å². The summed E-state index contributed by atoms with van der Waals surface area (Å²) in [6.07, 6.45) is 0. The van der Waals surface area contributed by atoms with Gasteiger partial charge in [0.2, 0.25) is 0 Å². The van der Waals surface area contributed by atoms with Crippen LogP contribution in [0.5, 0.6) is 0 Å². The van der Waals surface area contributed by atoms with Gasteiger partial charge in [-0.25, -0.2) is 13.2 Å². The van der Waals surface area contributed by atoms with Gasteiger partial charge in [-0.2, -0.15) is 10.5 Å². The molecule has 0 aromatic heterocycles. The molecule has 1 aromatic rings. The highest BCUT2D eigenvalue weighted by atomic mass is 35.5. The summed E-state index contributed by atoms with van der Waals surface area (Å²) in [4.78, 5) is 0. The van der Waals surface area contributed by atoms with Crippen LogP contribution in [0.1, 0.15) is 11.1 Å². The summed E-state index contributed by atoms with van der Waals surface area (Å²) in [6, 6.07) is 3.15. The molecule has 14 heavy (non-hydrogen) atoms. The maximum Gasteiger partial charge on any atom is 0.195 e. The number of nitrogens with zero attached hydrogens (tertiary/aromatic N) is 2. The third-order valence-electron chi connectivity index (χ3n) is 1.39. The van der Waals surface area contributed by atoms with Crippen LogP contribution in [-0.2, 0) is 0 Å². The molecule has 0 aliphatic heterocycles. The molecule has 1 aromatic carbocycles. The minimum absolute atomic E-state index is 0. The van der Waals surface area contributed by atoms with Crippen molar-refractivity contribution < 1.29 is 13.2 Å². The van der Waals surface area contributed by atoms with Crippen LogP contribution in [-0.4, -0.2) is 0 Å². The van der Waals surface area contributed by atoms with Gasteiger partial charge in [0.1, 0.15) is 17.7 Å². The van der Waals surface area contributed by atoms with E-state index in [1.165, 1.54) is 12.1 Å². The third kappa shape index (κ3) is 1.78. The van der Waals surface area contributed by atoms with Gasteiger partial charge in [-0.05, 0) is 6.07 Å². The average Bonchev–Trinajstić information content (AvgIpc) is 2.13. The van der Waals surface area contributed by atoms with Gasteiger partial charge in [0.05, 0.1) is 5.56 Å². The first-order valence-corrected chi connectivity index (χ1v) is 3.09. The molecule has 0 saturated heterocycles. The Morgan fingerprint density at radius 2 is 1.57 bits per heavy atom. The molecule has 0 bridgehead atoms. The smallest absolute Gasteiger partial charge is 0.195 e. The van der Waals surface area contributed by atoms with E-state index in [9.17, 15) is 13.2 Å². The quantitative estimate of drug-likeness (QED) is 0.627. The fourth-order valence-electron chi connectivity index (χ4n) is 0.793. The first kappa shape index (κ1) is 12.3. The molecule has 0 unspecified atom stereocenters. The van der Waals surface area contributed by atoms with E-state index in [1.807, 2.05) is 0 Å². The molecule has 6 heteroatoms. The van der Waals surface area contributed by atoms with E-state index in [2.05, 4.69) is 0 Å². The predicted molar refractivity (Wildman–Crippen MR) is 43.0 cm³/mol. The molecule has 0 heterocycles. The van der Waals surface area contributed by atoms with E-state index in [1.54, 1.807) is 0 Å². The molecule has 0 amide bonds. The molecule has 0 atom stereocenters. The number of rotatable bonds is 0. The van der Waals surface area contributed by atoms with Crippen LogP contribution in [0.3, 0.4) is 0 Å². The molecule has 0 saturated carbocycles. The van der Waals surface area contributed by atoms with Gasteiger partial charge in [0.15, 0.2) is 17.5 Å². The monoisotopic (exact) mass is 218 g/mol. The summed E-state index contributed by atoms with van der Waals surface area (Å²) in [5, 5.41) is 16.6. The molecule has 0 spiro atoms. The number of hydrogen-bond acceptors (Lipinski definition) is 2. The molecule has 0 radical (unpaired) electrons. The van der Waals surface area contributed by atoms with Gasteiger partial charge in [0.25, 0.3) is 0 Å². The lowest BCUT2D eigenvalue weighted by atomic mass is 10.1. The third-order valence-corrected chi connectivity index (χ3v) is 1.39. The number of benzene rings is 1. The number of halogens is 4. The molecule has 2 nitrogen and oxygen atoms in total. The SMILES string of the molecule is Cl.N#Cc1cc(F)c(F)c(F)c1C#N. The van der Waals surface area contributed by atoms with Gasteiger partial charge in [-0.1, -0.05) is 0 Å². The lowest BCUT2D eigenvalue weighted by molar-refractivity contribution is 0.445. The highest BCUT2D eigenvalue weighted by Crippen LogP contribution is 2.18. The summed E-state index contributed by atoms with van der Waals surface area (Å²) in [7, 11) is 0. The van der Waals surface area contributed by atoms with Crippen molar-refractivity contribution in [1.82, 2.24) is 0 Å². The van der Waals surface area contributed by atoms with Crippen molar-refractivity contribution in [3.63, 3.8) is 0 Å². The fraction of sp³-hybridized carbons (Fsp3) is 0. The van der Waals surface area contributed by atoms with Crippen molar-refractivity contribution in [2.24, 2.45) is 0 Å². The maximum absolute atomic E-state index is 12.7. The Morgan fingerprint density at radius 3 is 2.00 bits per heavy atom. The zero-order valence-corrected chi connectivity index (χ0v) is 7.33. The van der Waals surface area contributed by atoms with Crippen LogP contribution < -0.4 is 0 Å². The zero-order chi connectivity index (χ0) is 10.0. The summed E-state index contributed by atoms with van der Waals surface area (Å²) in [5.74, 6) is -4.84. The van der Waals surface area contributed by atoms with Crippen molar-refractivity contribution in [3.8, 4) is 12.1 Å². The van der Waals surface area contributed by atoms with Crippen molar-refractivity contribution in [3.05, 3.63) is 34.6 Å². The lowest BCUT2D eigenvalue weighted by Crippen LogP contribution is -1.98. The highest BCUT2D eigenvalue weighted by molar-refractivity contribution is 5.85. The van der Waals surface area contributed by atoms with Crippen LogP contribution in [0.4, 0.5) is 13.2 Å². The summed E-state index contributed by atoms with van der Waals surface area (Å²) >= 11 is 0. The van der Waals surface area contributed by atoms with Gasteiger partial charge in [-0.3, -0.25) is 0 Å². The molecule has 1 rings (SSSR count). The minimum atomic E-state index is -1.74. The van der Waals surface area contributed by atoms with E-state index < -0.39 is 28.6 Å². The Bertz CT molecular complexity index is 445. The summed E-state index contributed by atoms with van der Waals surface area (Å²) in [5.41, 5.74) is -1.29. The second-order valence-corrected chi connectivity index (χ2v) is 2.13. The highest BCUT2D eigenvalue weighted by Gasteiger charge is 2.17. The van der Waals surface area contributed by atoms with Gasteiger partial charge in [0, 0.05) is 0 Å². The van der Waals surface area contributed by atoms with Crippen LogP contribution in [0.15, 0.2) is 6.07 Å². The largest absolute Gasteiger partial charge is 0.204 e. The predicted octanol–water partition coefficient (Wildman–Crippen LogP) is 2.27. The standard InChI is InChI=1S/C8HF3N2.ClH/c9-6-1-4(2-12)5(3-13)7(10)8(6)11;/h1H;1H. The van der Waals surface area contributed by atoms with E-state index in [-0.39, 0.29) is 12.4 Å². The first-order chi connectivity index (χ1) is 6.11. The molecule has 0 aliphatic rings. The summed E-state index contributed by atoms with van der Waals surface area (Å²) in [6.45, 7) is 0. The minimum Gasteiger partial charge on any atom is -0.204 e. The number of nitriles is 2. The Balaban J connectivity index is 0.00000169. The average molecular weight is 219 g/mol. The Morgan fingerprint density at radius 1 is 1.00 bits per heavy atom. The van der Waals surface area contributed by atoms with Crippen molar-refractivity contribution >= 4 is 12.4 Å². The van der Waals surface area contributed by atoms with Gasteiger partial charge in [-0.15, -0.1) is 12.4 Å². The van der Waals surface area contributed by atoms with Crippen molar-refractivity contribution in [2.45, 2.75) is 0 Å². The van der Waals surface area contributed by atoms with Crippen LogP contribution in [0.2, 0.25) is 0 Å². The zero-order valence-electron chi connectivity index (χ0n) is 6.51. The first-order valence-electron chi connectivity index (χ1n) is 3.09. The van der Waals surface area contributed by atoms with Crippen LogP contribution in [0.25, 0.3) is 0 Å². The fourth-order valence-corrected chi connectivity index (χ4v) is 0.793. The Hall–Kier alpha value is -1.72. The lowest BCUT2D eigenvalue weighted by Gasteiger charge is -1.98. The molecular formula is C8H2ClF3N2. The molecule has 72 valence electrons. The summed E-state index contributed by atoms with van der Waals surface area (Å²) < 4.78 is 37.7. The van der Waals surface area contributed by atoms with Crippen molar-refractivity contribution in [1.29, 1.82) is 10.5 Å². The molecule has 0 N–H and O–H groups in total. The normalized spacial score (nSPS) is 8.36. The van der Waals surface area contributed by atoms with Crippen LogP contribution >= 0.6 is 12.4 Å². The van der Waals surface area contributed by atoms with E-state index in [4.69, 9.17) is 10.5 Å². The molecule has 0 fully saturated rings. The van der Waals surface area contributed by atoms with Gasteiger partial charge >= 0.3 is 0 Å². The topological polar surface area (TPSA) is 47.6 Å². The Labute approximate surface area is 83.6 Å². The molecular weight excluding hydrogens is 217 g/mol. The van der Waals surface area contributed by atoms with Crippen molar-refractivity contribution in [2.75, 3.05) is 0 Å². The Kier molecular flexibility index (Phi) is 3.95. The van der Waals surface area contributed by atoms with E-state index in [0.717, 1.165) is 0 Å². The number of hydrogen-bond donors (Lipinski definition) is 0. The second kappa shape index (κ2) is 4.50. The van der Waals surface area contributed by atoms with Gasteiger partial charge < -0.3 is 0 Å². The molecule has 0 aliphatic carbocycles. The maximum atomic E-state index is 12.7. The van der Waals surface area contributed by atoms with Crippen LogP contribution in [0, 0.1) is 40.1 Å².